The Morgan fingerprint density at radius 3 is 1.91 bits per heavy atom. The molecule has 1 aliphatic heterocycles. The number of unbranched alkanes of at least 4 members (excludes halogenated alkanes) is 1. The van der Waals surface area contributed by atoms with Gasteiger partial charge in [-0.05, 0) is 61.3 Å². The molecule has 0 aromatic heterocycles. The average Bonchev–Trinajstić information content (AvgIpc) is 2.42. The Labute approximate surface area is 146 Å². The third kappa shape index (κ3) is 5.91. The molecule has 0 aromatic carbocycles. The normalized spacial score (nSPS) is 16.6. The van der Waals surface area contributed by atoms with Gasteiger partial charge in [0.15, 0.2) is 0 Å². The first-order valence-electron chi connectivity index (χ1n) is 9.12. The molecule has 1 fully saturated rings. The van der Waals surface area contributed by atoms with E-state index in [1.54, 1.807) is 0 Å². The van der Waals surface area contributed by atoms with Crippen LogP contribution in [0.3, 0.4) is 0 Å². The fourth-order valence-corrected chi connectivity index (χ4v) is 9.60. The van der Waals surface area contributed by atoms with Crippen molar-refractivity contribution in [2.24, 2.45) is 5.92 Å². The predicted octanol–water partition coefficient (Wildman–Crippen LogP) is 5.80. The monoisotopic (exact) mass is 343 g/mol. The summed E-state index contributed by atoms with van der Waals surface area (Å²) in [4.78, 5) is 0. The van der Waals surface area contributed by atoms with E-state index in [0.717, 1.165) is 29.0 Å². The summed E-state index contributed by atoms with van der Waals surface area (Å²) in [6.07, 6.45) is 6.55. The third-order valence-electron chi connectivity index (χ3n) is 5.54. The molecule has 22 heavy (non-hydrogen) atoms. The van der Waals surface area contributed by atoms with Crippen LogP contribution in [-0.2, 0) is 0 Å². The molecule has 1 heterocycles. The van der Waals surface area contributed by atoms with Crippen LogP contribution in [0.25, 0.3) is 0 Å². The molecule has 130 valence electrons. The molecule has 0 unspecified atom stereocenters. The molecule has 1 rings (SSSR count). The van der Waals surface area contributed by atoms with Gasteiger partial charge >= 0.3 is 0 Å². The van der Waals surface area contributed by atoms with Gasteiger partial charge in [-0.1, -0.05) is 41.5 Å². The molecule has 1 saturated heterocycles. The van der Waals surface area contributed by atoms with Gasteiger partial charge in [0, 0.05) is 6.42 Å². The summed E-state index contributed by atoms with van der Waals surface area (Å²) >= 11 is 0. The van der Waals surface area contributed by atoms with Gasteiger partial charge in [-0.2, -0.15) is 0 Å². The fourth-order valence-electron chi connectivity index (χ4n) is 4.30. The van der Waals surface area contributed by atoms with Crippen molar-refractivity contribution in [2.75, 3.05) is 13.1 Å². The minimum atomic E-state index is -1.49. The highest BCUT2D eigenvalue weighted by atomic mass is 35.5. The van der Waals surface area contributed by atoms with Crippen LogP contribution in [0.5, 0.6) is 0 Å². The Morgan fingerprint density at radius 2 is 1.45 bits per heavy atom. The van der Waals surface area contributed by atoms with Crippen LogP contribution >= 0.6 is 12.4 Å². The first kappa shape index (κ1) is 22.0. The van der Waals surface area contributed by atoms with Gasteiger partial charge in [-0.3, -0.25) is 0 Å². The second-order valence-electron chi connectivity index (χ2n) is 7.78. The number of hydrogen-bond acceptors (Lipinski definition) is 1. The van der Waals surface area contributed by atoms with Crippen LogP contribution in [0.2, 0.25) is 16.6 Å². The molecule has 1 aliphatic rings. The van der Waals surface area contributed by atoms with Crippen LogP contribution in [-0.4, -0.2) is 21.2 Å². The lowest BCUT2D eigenvalue weighted by Crippen LogP contribution is -2.43. The Hall–Kier alpha value is 0.0269. The van der Waals surface area contributed by atoms with Crippen LogP contribution in [0.1, 0.15) is 73.6 Å². The molecule has 1 N–H and O–H groups in total. The maximum absolute atomic E-state index is 3.85. The minimum Gasteiger partial charge on any atom is -0.317 e. The van der Waals surface area contributed by atoms with Crippen molar-refractivity contribution in [2.45, 2.75) is 90.3 Å². The second-order valence-corrected chi connectivity index (χ2v) is 13.4. The Morgan fingerprint density at radius 1 is 0.955 bits per heavy atom. The first-order valence-corrected chi connectivity index (χ1v) is 11.3. The summed E-state index contributed by atoms with van der Waals surface area (Å²) in [7, 11) is -1.49. The van der Waals surface area contributed by atoms with Gasteiger partial charge in [-0.25, -0.2) is 0 Å². The van der Waals surface area contributed by atoms with E-state index in [4.69, 9.17) is 0 Å². The fraction of sp³-hybridized carbons (Fsp3) is 0.895. The van der Waals surface area contributed by atoms with Gasteiger partial charge in [0.05, 0.1) is 0 Å². The SMILES string of the molecule is CC(C)[Si](C#CCCCC1CCNCC1)(C(C)C)C(C)C.Cl. The number of piperidine rings is 1. The van der Waals surface area contributed by atoms with Crippen LogP contribution in [0, 0.1) is 17.4 Å². The Bertz CT molecular complexity index is 326. The average molecular weight is 344 g/mol. The summed E-state index contributed by atoms with van der Waals surface area (Å²) in [5.41, 5.74) is 6.12. The number of rotatable bonds is 6. The van der Waals surface area contributed by atoms with E-state index >= 15 is 0 Å². The molecule has 0 atom stereocenters. The molecule has 0 bridgehead atoms. The molecule has 0 saturated carbocycles. The van der Waals surface area contributed by atoms with E-state index in [0.29, 0.717) is 0 Å². The van der Waals surface area contributed by atoms with E-state index in [1.165, 1.54) is 38.8 Å². The van der Waals surface area contributed by atoms with Crippen LogP contribution < -0.4 is 5.32 Å². The van der Waals surface area contributed by atoms with Crippen LogP contribution in [0.15, 0.2) is 0 Å². The lowest BCUT2D eigenvalue weighted by molar-refractivity contribution is 0.348. The van der Waals surface area contributed by atoms with E-state index in [-0.39, 0.29) is 12.4 Å². The van der Waals surface area contributed by atoms with Gasteiger partial charge in [0.25, 0.3) is 0 Å². The molecular weight excluding hydrogens is 306 g/mol. The Kier molecular flexibility index (Phi) is 10.7. The number of hydrogen-bond donors (Lipinski definition) is 1. The van der Waals surface area contributed by atoms with Gasteiger partial charge < -0.3 is 5.32 Å². The van der Waals surface area contributed by atoms with Crippen molar-refractivity contribution in [3.8, 4) is 11.5 Å². The first-order chi connectivity index (χ1) is 9.91. The van der Waals surface area contributed by atoms with Crippen molar-refractivity contribution in [1.82, 2.24) is 5.32 Å². The summed E-state index contributed by atoms with van der Waals surface area (Å²) in [6, 6.07) is 0. The van der Waals surface area contributed by atoms with Crippen molar-refractivity contribution >= 4 is 20.5 Å². The van der Waals surface area contributed by atoms with Crippen molar-refractivity contribution in [3.63, 3.8) is 0 Å². The smallest absolute Gasteiger partial charge is 0.145 e. The highest BCUT2D eigenvalue weighted by molar-refractivity contribution is 6.90. The molecule has 0 radical (unpaired) electrons. The number of halogens is 1. The number of nitrogens with one attached hydrogen (secondary N) is 1. The van der Waals surface area contributed by atoms with Gasteiger partial charge in [0.2, 0.25) is 0 Å². The van der Waals surface area contributed by atoms with E-state index in [1.807, 2.05) is 0 Å². The molecular formula is C19H38ClNSi. The zero-order valence-electron chi connectivity index (χ0n) is 15.7. The summed E-state index contributed by atoms with van der Waals surface area (Å²) in [5.74, 6) is 4.56. The molecule has 1 nitrogen and oxygen atoms in total. The summed E-state index contributed by atoms with van der Waals surface area (Å²) in [5, 5.41) is 3.45. The summed E-state index contributed by atoms with van der Waals surface area (Å²) < 4.78 is 0. The third-order valence-corrected chi connectivity index (χ3v) is 11.9. The minimum absolute atomic E-state index is 0. The van der Waals surface area contributed by atoms with Crippen molar-refractivity contribution in [3.05, 3.63) is 0 Å². The van der Waals surface area contributed by atoms with Gasteiger partial charge in [-0.15, -0.1) is 23.9 Å². The summed E-state index contributed by atoms with van der Waals surface area (Å²) in [6.45, 7) is 16.8. The lowest BCUT2D eigenvalue weighted by Gasteiger charge is -2.38. The maximum atomic E-state index is 3.85. The molecule has 0 aliphatic carbocycles. The topological polar surface area (TPSA) is 12.0 Å². The maximum Gasteiger partial charge on any atom is 0.145 e. The standard InChI is InChI=1S/C19H37NSi.ClH/c1-16(2)21(17(3)4,18(5)6)15-9-7-8-10-19-11-13-20-14-12-19;/h16-20H,7-8,10-14H2,1-6H3;1H. The molecule has 0 amide bonds. The molecule has 0 aromatic rings. The predicted molar refractivity (Wildman–Crippen MR) is 106 cm³/mol. The Balaban J connectivity index is 0.00000441. The lowest BCUT2D eigenvalue weighted by atomic mass is 9.93. The van der Waals surface area contributed by atoms with E-state index < -0.39 is 8.07 Å². The second kappa shape index (κ2) is 10.7. The van der Waals surface area contributed by atoms with Crippen molar-refractivity contribution in [1.29, 1.82) is 0 Å². The largest absolute Gasteiger partial charge is 0.317 e. The van der Waals surface area contributed by atoms with Gasteiger partial charge in [0.1, 0.15) is 8.07 Å². The van der Waals surface area contributed by atoms with Crippen LogP contribution in [0.4, 0.5) is 0 Å². The quantitative estimate of drug-likeness (QED) is 0.365. The van der Waals surface area contributed by atoms with E-state index in [9.17, 15) is 0 Å². The zero-order valence-corrected chi connectivity index (χ0v) is 17.5. The highest BCUT2D eigenvalue weighted by Gasteiger charge is 2.41. The van der Waals surface area contributed by atoms with Crippen molar-refractivity contribution < 1.29 is 0 Å². The van der Waals surface area contributed by atoms with E-state index in [2.05, 4.69) is 58.3 Å². The zero-order chi connectivity index (χ0) is 15.9. The molecule has 3 heteroatoms. The molecule has 0 spiro atoms. The highest BCUT2D eigenvalue weighted by Crippen LogP contribution is 2.40.